The van der Waals surface area contributed by atoms with E-state index < -0.39 is 6.10 Å². The van der Waals surface area contributed by atoms with Crippen LogP contribution in [0.15, 0.2) is 28.7 Å². The van der Waals surface area contributed by atoms with Gasteiger partial charge in [-0.05, 0) is 74.0 Å². The van der Waals surface area contributed by atoms with Crippen molar-refractivity contribution >= 4 is 28.3 Å². The number of aliphatic hydroxyl groups is 1. The fourth-order valence-corrected chi connectivity index (χ4v) is 6.84. The van der Waals surface area contributed by atoms with Gasteiger partial charge in [0.1, 0.15) is 0 Å². The summed E-state index contributed by atoms with van der Waals surface area (Å²) in [6, 6.07) is 8.35. The van der Waals surface area contributed by atoms with Crippen LogP contribution in [0.4, 0.5) is 0 Å². The number of hydrogen-bond donors (Lipinski definition) is 1. The highest BCUT2D eigenvalue weighted by molar-refractivity contribution is 9.10. The summed E-state index contributed by atoms with van der Waals surface area (Å²) in [4.78, 5) is 2.32. The quantitative estimate of drug-likeness (QED) is 0.638. The van der Waals surface area contributed by atoms with E-state index in [4.69, 9.17) is 9.47 Å². The molecule has 0 spiro atoms. The van der Waals surface area contributed by atoms with Crippen LogP contribution in [0.2, 0.25) is 0 Å². The molecule has 1 aromatic carbocycles. The SMILES string of the molecule is Cl.OC(COC12CC3CC(CC(C3)C1)C2)CN1CCOC(c2ccc(Br)cc2)C1. The molecule has 2 atom stereocenters. The van der Waals surface area contributed by atoms with Crippen LogP contribution in [0, 0.1) is 17.8 Å². The molecule has 1 heterocycles. The smallest absolute Gasteiger partial charge is 0.0952 e. The van der Waals surface area contributed by atoms with Crippen LogP contribution < -0.4 is 0 Å². The van der Waals surface area contributed by atoms with Crippen LogP contribution >= 0.6 is 28.3 Å². The molecule has 2 unspecified atom stereocenters. The molecule has 0 radical (unpaired) electrons. The van der Waals surface area contributed by atoms with Gasteiger partial charge < -0.3 is 14.6 Å². The number of hydrogen-bond acceptors (Lipinski definition) is 4. The van der Waals surface area contributed by atoms with Gasteiger partial charge in [-0.3, -0.25) is 4.90 Å². The summed E-state index contributed by atoms with van der Waals surface area (Å²) in [5, 5.41) is 10.7. The lowest BCUT2D eigenvalue weighted by Crippen LogP contribution is -2.53. The number of benzene rings is 1. The number of rotatable bonds is 6. The monoisotopic (exact) mass is 485 g/mol. The van der Waals surface area contributed by atoms with Crippen LogP contribution in [-0.4, -0.2) is 54.6 Å². The van der Waals surface area contributed by atoms with Gasteiger partial charge in [0.05, 0.1) is 31.0 Å². The average Bonchev–Trinajstić information content (AvgIpc) is 2.66. The van der Waals surface area contributed by atoms with Crippen LogP contribution in [0.5, 0.6) is 0 Å². The van der Waals surface area contributed by atoms with Gasteiger partial charge in [0.25, 0.3) is 0 Å². The summed E-state index contributed by atoms with van der Waals surface area (Å²) in [5.74, 6) is 2.65. The van der Waals surface area contributed by atoms with E-state index >= 15 is 0 Å². The molecule has 162 valence electrons. The highest BCUT2D eigenvalue weighted by atomic mass is 79.9. The first-order valence-electron chi connectivity index (χ1n) is 11.0. The van der Waals surface area contributed by atoms with Crippen LogP contribution in [-0.2, 0) is 9.47 Å². The highest BCUT2D eigenvalue weighted by Gasteiger charge is 2.51. The van der Waals surface area contributed by atoms with E-state index in [0.29, 0.717) is 19.8 Å². The maximum absolute atomic E-state index is 10.7. The summed E-state index contributed by atoms with van der Waals surface area (Å²) in [6.07, 6.45) is 7.64. The predicted octanol–water partition coefficient (Wildman–Crippen LogP) is 4.59. The van der Waals surface area contributed by atoms with E-state index in [0.717, 1.165) is 35.3 Å². The fraction of sp³-hybridized carbons (Fsp3) is 0.739. The lowest BCUT2D eigenvalue weighted by molar-refractivity contribution is -0.177. The minimum absolute atomic E-state index is 0. The van der Waals surface area contributed by atoms with E-state index in [1.54, 1.807) is 0 Å². The highest BCUT2D eigenvalue weighted by Crippen LogP contribution is 2.57. The molecule has 0 aromatic heterocycles. The molecule has 29 heavy (non-hydrogen) atoms. The standard InChI is InChI=1S/C23H32BrNO3.ClH/c24-20-3-1-19(2-4-20)22-14-25(5-6-27-22)13-21(26)15-28-23-10-16-7-17(11-23)9-18(8-16)12-23;/h1-4,16-18,21-22,26H,5-15H2;1H. The average molecular weight is 487 g/mol. The lowest BCUT2D eigenvalue weighted by Gasteiger charge is -2.56. The molecule has 4 aliphatic carbocycles. The number of β-amino-alcohol motifs (C(OH)–C–C–N with tert-alkyl or cyclic N) is 1. The number of halogens is 2. The predicted molar refractivity (Wildman–Crippen MR) is 119 cm³/mol. The Hall–Kier alpha value is -0.170. The van der Waals surface area contributed by atoms with Gasteiger partial charge in [-0.25, -0.2) is 0 Å². The summed E-state index contributed by atoms with van der Waals surface area (Å²) in [7, 11) is 0. The Bertz CT molecular complexity index is 650. The van der Waals surface area contributed by atoms with Crippen molar-refractivity contribution in [3.05, 3.63) is 34.3 Å². The zero-order valence-electron chi connectivity index (χ0n) is 17.0. The largest absolute Gasteiger partial charge is 0.389 e. The van der Waals surface area contributed by atoms with E-state index in [1.807, 2.05) is 0 Å². The van der Waals surface area contributed by atoms with Crippen LogP contribution in [0.1, 0.15) is 50.2 Å². The van der Waals surface area contributed by atoms with Crippen molar-refractivity contribution in [2.75, 3.05) is 32.8 Å². The molecular weight excluding hydrogens is 454 g/mol. The Morgan fingerprint density at radius 1 is 1.10 bits per heavy atom. The minimum atomic E-state index is -0.420. The van der Waals surface area contributed by atoms with Crippen LogP contribution in [0.3, 0.4) is 0 Å². The van der Waals surface area contributed by atoms with Crippen molar-refractivity contribution in [3.63, 3.8) is 0 Å². The second kappa shape index (κ2) is 9.13. The Labute approximate surface area is 188 Å². The van der Waals surface area contributed by atoms with Crippen molar-refractivity contribution in [2.24, 2.45) is 17.8 Å². The van der Waals surface area contributed by atoms with Crippen molar-refractivity contribution in [1.29, 1.82) is 0 Å². The Morgan fingerprint density at radius 3 is 2.34 bits per heavy atom. The fourth-order valence-electron chi connectivity index (χ4n) is 6.58. The third-order valence-corrected chi connectivity index (χ3v) is 7.95. The molecule has 1 aliphatic heterocycles. The molecule has 4 nitrogen and oxygen atoms in total. The lowest BCUT2D eigenvalue weighted by atomic mass is 9.54. The topological polar surface area (TPSA) is 41.9 Å². The first kappa shape index (κ1) is 22.0. The number of aliphatic hydroxyl groups excluding tert-OH is 1. The molecule has 4 saturated carbocycles. The molecule has 5 aliphatic rings. The molecule has 1 N–H and O–H groups in total. The van der Waals surface area contributed by atoms with Crippen LogP contribution in [0.25, 0.3) is 0 Å². The number of nitrogens with zero attached hydrogens (tertiary/aromatic N) is 1. The first-order valence-corrected chi connectivity index (χ1v) is 11.8. The van der Waals surface area contributed by atoms with Crippen molar-refractivity contribution in [1.82, 2.24) is 4.90 Å². The van der Waals surface area contributed by atoms with Gasteiger partial charge in [-0.1, -0.05) is 28.1 Å². The second-order valence-corrected chi connectivity index (χ2v) is 10.7. The van der Waals surface area contributed by atoms with Gasteiger partial charge in [-0.15, -0.1) is 12.4 Å². The maximum Gasteiger partial charge on any atom is 0.0952 e. The zero-order valence-corrected chi connectivity index (χ0v) is 19.4. The van der Waals surface area contributed by atoms with Gasteiger partial charge in [0, 0.05) is 24.1 Å². The zero-order chi connectivity index (χ0) is 19.1. The van der Waals surface area contributed by atoms with Gasteiger partial charge in [0.15, 0.2) is 0 Å². The van der Waals surface area contributed by atoms with E-state index in [-0.39, 0.29) is 24.1 Å². The Balaban J connectivity index is 0.00000205. The van der Waals surface area contributed by atoms with E-state index in [2.05, 4.69) is 45.1 Å². The summed E-state index contributed by atoms with van der Waals surface area (Å²) >= 11 is 3.49. The number of morpholine rings is 1. The van der Waals surface area contributed by atoms with Gasteiger partial charge in [-0.2, -0.15) is 0 Å². The molecule has 1 saturated heterocycles. The Kier molecular flexibility index (Phi) is 6.94. The first-order chi connectivity index (χ1) is 13.6. The third-order valence-electron chi connectivity index (χ3n) is 7.43. The summed E-state index contributed by atoms with van der Waals surface area (Å²) in [5.41, 5.74) is 1.29. The minimum Gasteiger partial charge on any atom is -0.389 e. The van der Waals surface area contributed by atoms with E-state index in [9.17, 15) is 5.11 Å². The molecule has 6 rings (SSSR count). The Morgan fingerprint density at radius 2 is 1.72 bits per heavy atom. The van der Waals surface area contributed by atoms with Crippen molar-refractivity contribution < 1.29 is 14.6 Å². The summed E-state index contributed by atoms with van der Waals surface area (Å²) < 4.78 is 13.5. The molecule has 1 aromatic rings. The van der Waals surface area contributed by atoms with Gasteiger partial charge in [0.2, 0.25) is 0 Å². The summed E-state index contributed by atoms with van der Waals surface area (Å²) in [6.45, 7) is 3.57. The van der Waals surface area contributed by atoms with Gasteiger partial charge >= 0.3 is 0 Å². The molecule has 0 amide bonds. The molecular formula is C23H33BrClNO3. The maximum atomic E-state index is 10.7. The third kappa shape index (κ3) is 5.02. The normalized spacial score (nSPS) is 37.3. The molecule has 5 fully saturated rings. The van der Waals surface area contributed by atoms with Crippen molar-refractivity contribution in [3.8, 4) is 0 Å². The molecule has 6 heteroatoms. The van der Waals surface area contributed by atoms with Crippen molar-refractivity contribution in [2.45, 2.75) is 56.3 Å². The molecule has 4 bridgehead atoms. The second-order valence-electron chi connectivity index (χ2n) is 9.74. The van der Waals surface area contributed by atoms with E-state index in [1.165, 1.54) is 44.1 Å². The number of ether oxygens (including phenoxy) is 2.